The Morgan fingerprint density at radius 3 is 2.53 bits per heavy atom. The molecule has 10 heteroatoms. The Labute approximate surface area is 177 Å². The van der Waals surface area contributed by atoms with Gasteiger partial charge in [0, 0.05) is 17.0 Å². The Balaban J connectivity index is 1.48. The average Bonchev–Trinajstić information content (AvgIpc) is 3.08. The van der Waals surface area contributed by atoms with Gasteiger partial charge in [0.15, 0.2) is 11.3 Å². The lowest BCUT2D eigenvalue weighted by atomic mass is 10.1. The molecule has 0 saturated carbocycles. The van der Waals surface area contributed by atoms with Gasteiger partial charge in [-0.15, -0.1) is 4.40 Å². The third-order valence-electron chi connectivity index (χ3n) is 4.74. The Bertz CT molecular complexity index is 1160. The van der Waals surface area contributed by atoms with E-state index in [1.807, 2.05) is 4.90 Å². The van der Waals surface area contributed by atoms with E-state index in [1.165, 1.54) is 25.8 Å². The van der Waals surface area contributed by atoms with E-state index in [9.17, 15) is 18.0 Å². The van der Waals surface area contributed by atoms with Crippen molar-refractivity contribution in [2.45, 2.75) is 17.9 Å². The van der Waals surface area contributed by atoms with Crippen LogP contribution in [0.15, 0.2) is 51.8 Å². The third kappa shape index (κ3) is 3.92. The molecular formula is C20H18N2O6S2. The molecule has 0 spiro atoms. The zero-order chi connectivity index (χ0) is 21.5. The van der Waals surface area contributed by atoms with Crippen molar-refractivity contribution < 1.29 is 27.5 Å². The number of nitrogens with zero attached hydrogens (tertiary/aromatic N) is 2. The number of carbonyl (C=O) groups excluding carboxylic acids is 2. The molecular weight excluding hydrogens is 428 g/mol. The SMILES string of the molecule is COc1ccc(C(=O)C(C)OC(=O)c2ccc3c(c2)SC2=NS(=O)(=O)CCN23)cc1. The second-order valence-corrected chi connectivity index (χ2v) is 9.50. The first-order valence-corrected chi connectivity index (χ1v) is 11.5. The lowest BCUT2D eigenvalue weighted by Crippen LogP contribution is -2.35. The van der Waals surface area contributed by atoms with Crippen LogP contribution in [0.4, 0.5) is 5.69 Å². The minimum atomic E-state index is -3.45. The normalized spacial score (nSPS) is 17.4. The highest BCUT2D eigenvalue weighted by Gasteiger charge is 2.33. The second kappa shape index (κ2) is 7.77. The number of esters is 1. The quantitative estimate of drug-likeness (QED) is 0.510. The molecule has 2 aromatic rings. The highest BCUT2D eigenvalue weighted by Crippen LogP contribution is 2.42. The molecule has 0 aromatic heterocycles. The lowest BCUT2D eigenvalue weighted by Gasteiger charge is -2.22. The summed E-state index contributed by atoms with van der Waals surface area (Å²) in [5.41, 5.74) is 1.49. The fourth-order valence-electron chi connectivity index (χ4n) is 3.13. The number of methoxy groups -OCH3 is 1. The van der Waals surface area contributed by atoms with Crippen LogP contribution in [0.2, 0.25) is 0 Å². The summed E-state index contributed by atoms with van der Waals surface area (Å²) >= 11 is 1.19. The number of sulfonamides is 1. The van der Waals surface area contributed by atoms with E-state index in [0.29, 0.717) is 23.0 Å². The first kappa shape index (κ1) is 20.4. The summed E-state index contributed by atoms with van der Waals surface area (Å²) in [6.07, 6.45) is -0.965. The lowest BCUT2D eigenvalue weighted by molar-refractivity contribution is 0.0318. The van der Waals surface area contributed by atoms with Crippen molar-refractivity contribution >= 4 is 44.4 Å². The van der Waals surface area contributed by atoms with E-state index in [-0.39, 0.29) is 17.1 Å². The highest BCUT2D eigenvalue weighted by molar-refractivity contribution is 8.15. The maximum atomic E-state index is 12.6. The maximum absolute atomic E-state index is 12.6. The number of ether oxygens (including phenoxy) is 2. The summed E-state index contributed by atoms with van der Waals surface area (Å²) in [5.74, 6) is -0.378. The molecule has 2 heterocycles. The first-order valence-electron chi connectivity index (χ1n) is 9.09. The van der Waals surface area contributed by atoms with Crippen molar-refractivity contribution in [3.63, 3.8) is 0 Å². The zero-order valence-electron chi connectivity index (χ0n) is 16.2. The molecule has 0 saturated heterocycles. The van der Waals surface area contributed by atoms with Gasteiger partial charge in [0.1, 0.15) is 5.75 Å². The number of benzene rings is 2. The standard InChI is InChI=1S/C20H18N2O6S2/c1-12(18(23)13-3-6-15(27-2)7-4-13)28-19(24)14-5-8-16-17(11-14)29-20-21-30(25,26)10-9-22(16)20/h3-8,11-12H,9-10H2,1-2H3. The second-order valence-electron chi connectivity index (χ2n) is 6.74. The van der Waals surface area contributed by atoms with Crippen LogP contribution in [-0.2, 0) is 14.8 Å². The number of hydrogen-bond acceptors (Lipinski definition) is 8. The number of rotatable bonds is 5. The number of fused-ring (bicyclic) bond motifs is 3. The van der Waals surface area contributed by atoms with Gasteiger partial charge in [0.2, 0.25) is 5.78 Å². The van der Waals surface area contributed by atoms with Gasteiger partial charge < -0.3 is 14.4 Å². The van der Waals surface area contributed by atoms with Gasteiger partial charge in [-0.3, -0.25) is 4.79 Å². The largest absolute Gasteiger partial charge is 0.497 e. The van der Waals surface area contributed by atoms with Gasteiger partial charge >= 0.3 is 5.97 Å². The molecule has 1 atom stereocenters. The van der Waals surface area contributed by atoms with Crippen LogP contribution >= 0.6 is 11.8 Å². The van der Waals surface area contributed by atoms with E-state index >= 15 is 0 Å². The van der Waals surface area contributed by atoms with Crippen LogP contribution in [0.5, 0.6) is 5.75 Å². The molecule has 4 rings (SSSR count). The summed E-state index contributed by atoms with van der Waals surface area (Å²) in [7, 11) is -1.91. The van der Waals surface area contributed by atoms with Crippen LogP contribution < -0.4 is 9.64 Å². The number of anilines is 1. The van der Waals surface area contributed by atoms with Crippen LogP contribution in [-0.4, -0.2) is 50.8 Å². The Morgan fingerprint density at radius 2 is 1.83 bits per heavy atom. The Kier molecular flexibility index (Phi) is 5.29. The van der Waals surface area contributed by atoms with Crippen molar-refractivity contribution in [3.8, 4) is 5.75 Å². The summed E-state index contributed by atoms with van der Waals surface area (Å²) in [5, 5.41) is 0.379. The van der Waals surface area contributed by atoms with Crippen molar-refractivity contribution in [3.05, 3.63) is 53.6 Å². The topological polar surface area (TPSA) is 102 Å². The Hall–Kier alpha value is -2.85. The minimum Gasteiger partial charge on any atom is -0.497 e. The van der Waals surface area contributed by atoms with Crippen LogP contribution in [0, 0.1) is 0 Å². The van der Waals surface area contributed by atoms with Crippen molar-refractivity contribution in [2.24, 2.45) is 4.40 Å². The number of ketones is 1. The van der Waals surface area contributed by atoms with Gasteiger partial charge in [0.25, 0.3) is 10.0 Å². The minimum absolute atomic E-state index is 0.0503. The molecule has 0 aliphatic carbocycles. The van der Waals surface area contributed by atoms with Crippen molar-refractivity contribution in [1.29, 1.82) is 0 Å². The number of carbonyl (C=O) groups is 2. The van der Waals surface area contributed by atoms with E-state index in [4.69, 9.17) is 9.47 Å². The molecule has 1 unspecified atom stereocenters. The predicted molar refractivity (Wildman–Crippen MR) is 113 cm³/mol. The fraction of sp³-hybridized carbons (Fsp3) is 0.250. The van der Waals surface area contributed by atoms with Gasteiger partial charge in [-0.25, -0.2) is 13.2 Å². The Morgan fingerprint density at radius 1 is 1.13 bits per heavy atom. The van der Waals surface area contributed by atoms with E-state index in [2.05, 4.69) is 4.40 Å². The molecule has 8 nitrogen and oxygen atoms in total. The third-order valence-corrected chi connectivity index (χ3v) is 7.04. The predicted octanol–water partition coefficient (Wildman–Crippen LogP) is 2.73. The molecule has 0 bridgehead atoms. The van der Waals surface area contributed by atoms with Crippen LogP contribution in [0.25, 0.3) is 0 Å². The highest BCUT2D eigenvalue weighted by atomic mass is 32.2. The first-order chi connectivity index (χ1) is 14.3. The van der Waals surface area contributed by atoms with Crippen molar-refractivity contribution in [1.82, 2.24) is 0 Å². The summed E-state index contributed by atoms with van der Waals surface area (Å²) in [6.45, 7) is 1.84. The zero-order valence-corrected chi connectivity index (χ0v) is 17.8. The molecule has 0 radical (unpaired) electrons. The van der Waals surface area contributed by atoms with E-state index < -0.39 is 22.1 Å². The van der Waals surface area contributed by atoms with Gasteiger partial charge in [-0.2, -0.15) is 0 Å². The van der Waals surface area contributed by atoms with Gasteiger partial charge in [0.05, 0.1) is 24.1 Å². The average molecular weight is 447 g/mol. The smallest absolute Gasteiger partial charge is 0.338 e. The van der Waals surface area contributed by atoms with E-state index in [0.717, 1.165) is 10.6 Å². The van der Waals surface area contributed by atoms with Crippen LogP contribution in [0.3, 0.4) is 0 Å². The molecule has 0 N–H and O–H groups in total. The monoisotopic (exact) mass is 446 g/mol. The van der Waals surface area contributed by atoms with E-state index in [1.54, 1.807) is 42.5 Å². The summed E-state index contributed by atoms with van der Waals surface area (Å²) < 4.78 is 37.6. The molecule has 30 heavy (non-hydrogen) atoms. The molecule has 2 aliphatic rings. The molecule has 0 amide bonds. The molecule has 0 fully saturated rings. The van der Waals surface area contributed by atoms with Gasteiger partial charge in [-0.05, 0) is 61.2 Å². The summed E-state index contributed by atoms with van der Waals surface area (Å²) in [4.78, 5) is 27.6. The maximum Gasteiger partial charge on any atom is 0.338 e. The van der Waals surface area contributed by atoms with Gasteiger partial charge in [-0.1, -0.05) is 0 Å². The molecule has 156 valence electrons. The number of thioether (sulfide) groups is 1. The van der Waals surface area contributed by atoms with Crippen molar-refractivity contribution in [2.75, 3.05) is 24.3 Å². The molecule has 2 aliphatic heterocycles. The van der Waals surface area contributed by atoms with Crippen LogP contribution in [0.1, 0.15) is 27.6 Å². The number of amidine groups is 1. The molecule has 2 aromatic carbocycles. The summed E-state index contributed by atoms with van der Waals surface area (Å²) in [6, 6.07) is 11.5. The number of hydrogen-bond donors (Lipinski definition) is 0. The number of Topliss-reactive ketones (excluding diaryl/α,β-unsaturated/α-hetero) is 1. The fourth-order valence-corrected chi connectivity index (χ4v) is 5.43.